The zero-order valence-corrected chi connectivity index (χ0v) is 11.7. The van der Waals surface area contributed by atoms with Crippen molar-refractivity contribution in [3.63, 3.8) is 0 Å². The lowest BCUT2D eigenvalue weighted by Gasteiger charge is -2.15. The molecule has 2 heteroatoms. The SMILES string of the molecule is CC[C@@H]1C(c2ccc(O)cc2)=C(C)c2cc(O)ccc21. The van der Waals surface area contributed by atoms with E-state index in [9.17, 15) is 10.2 Å². The Hall–Kier alpha value is -2.22. The van der Waals surface area contributed by atoms with E-state index in [-0.39, 0.29) is 5.75 Å². The number of hydrogen-bond donors (Lipinski definition) is 2. The first-order chi connectivity index (χ1) is 9.61. The molecule has 2 aromatic carbocycles. The molecule has 0 aromatic heterocycles. The van der Waals surface area contributed by atoms with E-state index in [4.69, 9.17) is 0 Å². The van der Waals surface area contributed by atoms with Crippen LogP contribution in [0.1, 0.15) is 42.9 Å². The summed E-state index contributed by atoms with van der Waals surface area (Å²) in [7, 11) is 0. The van der Waals surface area contributed by atoms with Gasteiger partial charge in [-0.1, -0.05) is 25.1 Å². The molecule has 0 heterocycles. The fourth-order valence-electron chi connectivity index (χ4n) is 3.22. The van der Waals surface area contributed by atoms with Crippen molar-refractivity contribution in [2.75, 3.05) is 0 Å². The molecule has 0 radical (unpaired) electrons. The van der Waals surface area contributed by atoms with E-state index in [1.807, 2.05) is 24.3 Å². The molecule has 1 aliphatic carbocycles. The molecular weight excluding hydrogens is 248 g/mol. The molecule has 0 saturated heterocycles. The van der Waals surface area contributed by atoms with E-state index in [1.54, 1.807) is 18.2 Å². The predicted molar refractivity (Wildman–Crippen MR) is 81.7 cm³/mol. The number of fused-ring (bicyclic) bond motifs is 1. The van der Waals surface area contributed by atoms with Crippen molar-refractivity contribution in [3.8, 4) is 11.5 Å². The van der Waals surface area contributed by atoms with Gasteiger partial charge in [-0.2, -0.15) is 0 Å². The van der Waals surface area contributed by atoms with Gasteiger partial charge in [-0.15, -0.1) is 0 Å². The number of benzene rings is 2. The summed E-state index contributed by atoms with van der Waals surface area (Å²) in [6, 6.07) is 13.0. The first-order valence-electron chi connectivity index (χ1n) is 6.95. The lowest BCUT2D eigenvalue weighted by Crippen LogP contribution is -1.96. The maximum absolute atomic E-state index is 9.71. The maximum Gasteiger partial charge on any atom is 0.116 e. The summed E-state index contributed by atoms with van der Waals surface area (Å²) in [5.74, 6) is 0.952. The highest BCUT2D eigenvalue weighted by molar-refractivity contribution is 5.98. The summed E-state index contributed by atoms with van der Waals surface area (Å²) in [6.45, 7) is 4.29. The number of allylic oxidation sites excluding steroid dienone is 2. The van der Waals surface area contributed by atoms with Gasteiger partial charge >= 0.3 is 0 Å². The monoisotopic (exact) mass is 266 g/mol. The second-order valence-electron chi connectivity index (χ2n) is 5.32. The van der Waals surface area contributed by atoms with E-state index in [1.165, 1.54) is 16.7 Å². The zero-order valence-electron chi connectivity index (χ0n) is 11.7. The molecule has 2 aromatic rings. The highest BCUT2D eigenvalue weighted by atomic mass is 16.3. The summed E-state index contributed by atoms with van der Waals surface area (Å²) in [4.78, 5) is 0. The van der Waals surface area contributed by atoms with Crippen molar-refractivity contribution in [2.24, 2.45) is 0 Å². The van der Waals surface area contributed by atoms with E-state index in [0.29, 0.717) is 11.7 Å². The predicted octanol–water partition coefficient (Wildman–Crippen LogP) is 4.54. The Labute approximate surface area is 119 Å². The van der Waals surface area contributed by atoms with Gasteiger partial charge in [0.05, 0.1) is 0 Å². The van der Waals surface area contributed by atoms with Crippen LogP contribution in [0.5, 0.6) is 11.5 Å². The van der Waals surface area contributed by atoms with Crippen molar-refractivity contribution in [2.45, 2.75) is 26.2 Å². The first-order valence-corrected chi connectivity index (χ1v) is 6.95. The van der Waals surface area contributed by atoms with Crippen LogP contribution in [0.3, 0.4) is 0 Å². The molecule has 2 nitrogen and oxygen atoms in total. The standard InChI is InChI=1S/C18H18O2/c1-3-15-16-9-8-14(20)10-17(16)11(2)18(15)12-4-6-13(19)7-5-12/h4-10,15,19-20H,3H2,1-2H3/t15-/m0/s1. The van der Waals surface area contributed by atoms with Crippen molar-refractivity contribution < 1.29 is 10.2 Å². The molecule has 0 amide bonds. The van der Waals surface area contributed by atoms with Crippen LogP contribution >= 0.6 is 0 Å². The van der Waals surface area contributed by atoms with Gasteiger partial charge in [0.1, 0.15) is 11.5 Å². The van der Waals surface area contributed by atoms with Gasteiger partial charge in [0.15, 0.2) is 0 Å². The molecule has 0 fully saturated rings. The Morgan fingerprint density at radius 1 is 0.950 bits per heavy atom. The van der Waals surface area contributed by atoms with Crippen molar-refractivity contribution in [1.29, 1.82) is 0 Å². The molecule has 20 heavy (non-hydrogen) atoms. The van der Waals surface area contributed by atoms with Gasteiger partial charge in [-0.05, 0) is 65.4 Å². The van der Waals surface area contributed by atoms with E-state index < -0.39 is 0 Å². The lowest BCUT2D eigenvalue weighted by molar-refractivity contribution is 0.474. The highest BCUT2D eigenvalue weighted by Gasteiger charge is 2.28. The largest absolute Gasteiger partial charge is 0.508 e. The second-order valence-corrected chi connectivity index (χ2v) is 5.32. The summed E-state index contributed by atoms with van der Waals surface area (Å²) in [5, 5.41) is 19.2. The fourth-order valence-corrected chi connectivity index (χ4v) is 3.22. The Kier molecular flexibility index (Phi) is 3.01. The number of hydrogen-bond acceptors (Lipinski definition) is 2. The van der Waals surface area contributed by atoms with Gasteiger partial charge in [0.25, 0.3) is 0 Å². The minimum Gasteiger partial charge on any atom is -0.508 e. The number of aromatic hydroxyl groups is 2. The molecule has 0 aliphatic heterocycles. The fraction of sp³-hybridized carbons (Fsp3) is 0.222. The van der Waals surface area contributed by atoms with Crippen LogP contribution in [-0.4, -0.2) is 10.2 Å². The zero-order chi connectivity index (χ0) is 14.3. The summed E-state index contributed by atoms with van der Waals surface area (Å²) >= 11 is 0. The minimum atomic E-state index is 0.285. The van der Waals surface area contributed by atoms with Crippen LogP contribution < -0.4 is 0 Å². The summed E-state index contributed by atoms with van der Waals surface area (Å²) in [6.07, 6.45) is 1.02. The Bertz CT molecular complexity index is 681. The molecule has 1 aliphatic rings. The third kappa shape index (κ3) is 1.88. The van der Waals surface area contributed by atoms with E-state index >= 15 is 0 Å². The second kappa shape index (κ2) is 4.71. The first kappa shape index (κ1) is 12.8. The van der Waals surface area contributed by atoms with Crippen LogP contribution in [-0.2, 0) is 0 Å². The quantitative estimate of drug-likeness (QED) is 0.838. The number of rotatable bonds is 2. The molecular formula is C18H18O2. The Morgan fingerprint density at radius 2 is 1.60 bits per heavy atom. The van der Waals surface area contributed by atoms with Gasteiger partial charge in [-0.3, -0.25) is 0 Å². The number of phenols is 2. The van der Waals surface area contributed by atoms with Crippen LogP contribution in [0.4, 0.5) is 0 Å². The van der Waals surface area contributed by atoms with E-state index in [0.717, 1.165) is 17.5 Å². The number of phenolic OH excluding ortho intramolecular Hbond substituents is 2. The normalized spacial score (nSPS) is 17.4. The summed E-state index contributed by atoms with van der Waals surface area (Å²) < 4.78 is 0. The lowest BCUT2D eigenvalue weighted by atomic mass is 9.89. The molecule has 3 rings (SSSR count). The topological polar surface area (TPSA) is 40.5 Å². The summed E-state index contributed by atoms with van der Waals surface area (Å²) in [5.41, 5.74) is 6.08. The van der Waals surface area contributed by atoms with Gasteiger partial charge in [0, 0.05) is 5.92 Å². The maximum atomic E-state index is 9.71. The minimum absolute atomic E-state index is 0.285. The average Bonchev–Trinajstić information content (AvgIpc) is 2.72. The molecule has 0 saturated carbocycles. The van der Waals surface area contributed by atoms with Crippen LogP contribution in [0, 0.1) is 0 Å². The van der Waals surface area contributed by atoms with Crippen LogP contribution in [0.25, 0.3) is 11.1 Å². The Balaban J connectivity index is 2.17. The van der Waals surface area contributed by atoms with Gasteiger partial charge < -0.3 is 10.2 Å². The molecule has 1 atom stereocenters. The molecule has 0 spiro atoms. The van der Waals surface area contributed by atoms with Gasteiger partial charge in [-0.25, -0.2) is 0 Å². The molecule has 2 N–H and O–H groups in total. The molecule has 0 bridgehead atoms. The third-order valence-electron chi connectivity index (χ3n) is 4.16. The van der Waals surface area contributed by atoms with E-state index in [2.05, 4.69) is 13.8 Å². The van der Waals surface area contributed by atoms with Crippen molar-refractivity contribution >= 4 is 11.1 Å². The van der Waals surface area contributed by atoms with Crippen LogP contribution in [0.2, 0.25) is 0 Å². The third-order valence-corrected chi connectivity index (χ3v) is 4.16. The smallest absolute Gasteiger partial charge is 0.116 e. The molecule has 0 unspecified atom stereocenters. The van der Waals surface area contributed by atoms with Gasteiger partial charge in [0.2, 0.25) is 0 Å². The Morgan fingerprint density at radius 3 is 2.25 bits per heavy atom. The van der Waals surface area contributed by atoms with Crippen LogP contribution in [0.15, 0.2) is 42.5 Å². The van der Waals surface area contributed by atoms with Crippen molar-refractivity contribution in [3.05, 3.63) is 59.2 Å². The average molecular weight is 266 g/mol. The van der Waals surface area contributed by atoms with Crippen molar-refractivity contribution in [1.82, 2.24) is 0 Å². The highest BCUT2D eigenvalue weighted by Crippen LogP contribution is 2.49. The molecule has 102 valence electrons.